The number of nitrogens with one attached hydrogen (secondary N) is 1. The zero-order valence-corrected chi connectivity index (χ0v) is 15.0. The maximum atomic E-state index is 13.6. The predicted molar refractivity (Wildman–Crippen MR) is 98.9 cm³/mol. The Morgan fingerprint density at radius 1 is 1.17 bits per heavy atom. The van der Waals surface area contributed by atoms with Gasteiger partial charge in [-0.3, -0.25) is 4.79 Å². The molecule has 1 atom stereocenters. The number of anilines is 1. The standard InChI is InChI=1S/C19H13BrFNOS/c20-13-5-1-3-11(7-13)15-9-17(23)22-18-16(10-24-19(15)18)12-4-2-6-14(21)8-12/h1-8,10,15H,9H2,(H,22,23)/t15-/m0/s1. The Hall–Kier alpha value is -1.98. The first-order valence-corrected chi connectivity index (χ1v) is 9.22. The van der Waals surface area contributed by atoms with E-state index >= 15 is 0 Å². The Labute approximate surface area is 151 Å². The van der Waals surface area contributed by atoms with Crippen LogP contribution in [0.25, 0.3) is 11.1 Å². The van der Waals surface area contributed by atoms with Gasteiger partial charge < -0.3 is 5.32 Å². The molecule has 1 N–H and O–H groups in total. The smallest absolute Gasteiger partial charge is 0.225 e. The molecular formula is C19H13BrFNOS. The normalized spacial score (nSPS) is 16.6. The molecule has 3 aromatic rings. The van der Waals surface area contributed by atoms with Gasteiger partial charge in [0.1, 0.15) is 5.82 Å². The summed E-state index contributed by atoms with van der Waals surface area (Å²) in [6.07, 6.45) is 0.423. The minimum Gasteiger partial charge on any atom is -0.325 e. The molecule has 0 saturated carbocycles. The molecule has 0 aliphatic carbocycles. The molecule has 0 bridgehead atoms. The number of carbonyl (C=O) groups excluding carboxylic acids is 1. The van der Waals surface area contributed by atoms with Gasteiger partial charge >= 0.3 is 0 Å². The van der Waals surface area contributed by atoms with Gasteiger partial charge in [0.15, 0.2) is 0 Å². The van der Waals surface area contributed by atoms with E-state index in [9.17, 15) is 9.18 Å². The Balaban J connectivity index is 1.83. The molecule has 5 heteroatoms. The number of hydrogen-bond donors (Lipinski definition) is 1. The van der Waals surface area contributed by atoms with Gasteiger partial charge in [0.2, 0.25) is 5.91 Å². The van der Waals surface area contributed by atoms with E-state index < -0.39 is 0 Å². The van der Waals surface area contributed by atoms with Crippen molar-refractivity contribution in [3.05, 3.63) is 74.6 Å². The Bertz CT molecular complexity index is 937. The minimum atomic E-state index is -0.280. The molecule has 1 aromatic heterocycles. The average Bonchev–Trinajstić information content (AvgIpc) is 2.97. The van der Waals surface area contributed by atoms with Gasteiger partial charge in [-0.25, -0.2) is 4.39 Å². The van der Waals surface area contributed by atoms with Crippen molar-refractivity contribution in [3.63, 3.8) is 0 Å². The van der Waals surface area contributed by atoms with Gasteiger partial charge in [-0.15, -0.1) is 11.3 Å². The van der Waals surface area contributed by atoms with Crippen LogP contribution in [-0.2, 0) is 4.79 Å². The second-order valence-corrected chi connectivity index (χ2v) is 7.59. The van der Waals surface area contributed by atoms with Crippen LogP contribution in [-0.4, -0.2) is 5.91 Å². The fourth-order valence-corrected chi connectivity index (χ4v) is 4.67. The Kier molecular flexibility index (Phi) is 3.98. The van der Waals surface area contributed by atoms with E-state index in [1.165, 1.54) is 12.1 Å². The van der Waals surface area contributed by atoms with Gasteiger partial charge in [-0.1, -0.05) is 40.2 Å². The lowest BCUT2D eigenvalue weighted by Gasteiger charge is -2.24. The van der Waals surface area contributed by atoms with Crippen molar-refractivity contribution in [1.82, 2.24) is 0 Å². The number of carbonyl (C=O) groups is 1. The molecule has 0 saturated heterocycles. The van der Waals surface area contributed by atoms with Crippen LogP contribution in [0.5, 0.6) is 0 Å². The van der Waals surface area contributed by atoms with E-state index in [4.69, 9.17) is 0 Å². The summed E-state index contributed by atoms with van der Waals surface area (Å²) in [5.74, 6) is -0.264. The lowest BCUT2D eigenvalue weighted by atomic mass is 9.89. The second-order valence-electron chi connectivity index (χ2n) is 5.76. The van der Waals surface area contributed by atoms with Gasteiger partial charge in [0.25, 0.3) is 0 Å². The second kappa shape index (κ2) is 6.15. The van der Waals surface area contributed by atoms with Gasteiger partial charge in [-0.2, -0.15) is 0 Å². The number of benzene rings is 2. The molecule has 2 aromatic carbocycles. The molecule has 1 aliphatic heterocycles. The first kappa shape index (κ1) is 15.5. The first-order chi connectivity index (χ1) is 11.6. The summed E-state index contributed by atoms with van der Waals surface area (Å²) >= 11 is 5.11. The van der Waals surface area contributed by atoms with Crippen molar-refractivity contribution in [2.24, 2.45) is 0 Å². The molecule has 2 heterocycles. The highest BCUT2D eigenvalue weighted by Crippen LogP contribution is 2.46. The fraction of sp³-hybridized carbons (Fsp3) is 0.105. The van der Waals surface area contributed by atoms with Crippen LogP contribution >= 0.6 is 27.3 Å². The summed E-state index contributed by atoms with van der Waals surface area (Å²) in [4.78, 5) is 13.4. The molecule has 0 unspecified atom stereocenters. The number of amides is 1. The lowest BCUT2D eigenvalue weighted by molar-refractivity contribution is -0.116. The van der Waals surface area contributed by atoms with Crippen LogP contribution in [0.4, 0.5) is 10.1 Å². The fourth-order valence-electron chi connectivity index (χ4n) is 3.09. The third-order valence-electron chi connectivity index (χ3n) is 4.18. The molecule has 1 aliphatic rings. The summed E-state index contributed by atoms with van der Waals surface area (Å²) in [5.41, 5.74) is 3.57. The van der Waals surface area contributed by atoms with Crippen molar-refractivity contribution >= 4 is 38.9 Å². The minimum absolute atomic E-state index is 0.0106. The van der Waals surface area contributed by atoms with E-state index in [-0.39, 0.29) is 17.6 Å². The van der Waals surface area contributed by atoms with Crippen molar-refractivity contribution < 1.29 is 9.18 Å². The number of halogens is 2. The van der Waals surface area contributed by atoms with E-state index in [0.29, 0.717) is 6.42 Å². The molecular weight excluding hydrogens is 389 g/mol. The maximum Gasteiger partial charge on any atom is 0.225 e. The average molecular weight is 402 g/mol. The van der Waals surface area contributed by atoms with Crippen LogP contribution in [0.15, 0.2) is 58.4 Å². The Morgan fingerprint density at radius 3 is 2.79 bits per heavy atom. The summed E-state index contributed by atoms with van der Waals surface area (Å²) in [7, 11) is 0. The molecule has 0 spiro atoms. The van der Waals surface area contributed by atoms with Crippen molar-refractivity contribution in [2.75, 3.05) is 5.32 Å². The van der Waals surface area contributed by atoms with Gasteiger partial charge in [0.05, 0.1) is 5.69 Å². The molecule has 0 radical (unpaired) electrons. The third-order valence-corrected chi connectivity index (χ3v) is 5.77. The molecule has 4 rings (SSSR count). The largest absolute Gasteiger partial charge is 0.325 e. The highest BCUT2D eigenvalue weighted by atomic mass is 79.9. The molecule has 120 valence electrons. The number of fused-ring (bicyclic) bond motifs is 1. The van der Waals surface area contributed by atoms with Crippen LogP contribution in [0.3, 0.4) is 0 Å². The summed E-state index contributed by atoms with van der Waals surface area (Å²) < 4.78 is 14.6. The summed E-state index contributed by atoms with van der Waals surface area (Å²) in [5, 5.41) is 4.97. The van der Waals surface area contributed by atoms with Crippen molar-refractivity contribution in [2.45, 2.75) is 12.3 Å². The first-order valence-electron chi connectivity index (χ1n) is 7.54. The lowest BCUT2D eigenvalue weighted by Crippen LogP contribution is -2.22. The van der Waals surface area contributed by atoms with E-state index in [2.05, 4.69) is 27.3 Å². The molecule has 0 fully saturated rings. The van der Waals surface area contributed by atoms with Gasteiger partial charge in [-0.05, 0) is 35.4 Å². The molecule has 1 amide bonds. The quantitative estimate of drug-likeness (QED) is 0.578. The highest BCUT2D eigenvalue weighted by molar-refractivity contribution is 9.10. The monoisotopic (exact) mass is 401 g/mol. The van der Waals surface area contributed by atoms with Gasteiger partial charge in [0, 0.05) is 32.6 Å². The topological polar surface area (TPSA) is 29.1 Å². The van der Waals surface area contributed by atoms with E-state index in [1.54, 1.807) is 17.4 Å². The van der Waals surface area contributed by atoms with Crippen LogP contribution in [0.1, 0.15) is 22.8 Å². The third kappa shape index (κ3) is 2.78. The summed E-state index contributed by atoms with van der Waals surface area (Å²) in [6, 6.07) is 14.5. The molecule has 2 nitrogen and oxygen atoms in total. The number of hydrogen-bond acceptors (Lipinski definition) is 2. The number of thiophene rings is 1. The Morgan fingerprint density at radius 2 is 2.00 bits per heavy atom. The van der Waals surface area contributed by atoms with Crippen LogP contribution in [0.2, 0.25) is 0 Å². The zero-order valence-electron chi connectivity index (χ0n) is 12.6. The summed E-state index contributed by atoms with van der Waals surface area (Å²) in [6.45, 7) is 0. The zero-order chi connectivity index (χ0) is 16.7. The predicted octanol–water partition coefficient (Wildman–Crippen LogP) is 5.79. The van der Waals surface area contributed by atoms with E-state index in [0.717, 1.165) is 31.7 Å². The number of rotatable bonds is 2. The maximum absolute atomic E-state index is 13.6. The van der Waals surface area contributed by atoms with Crippen molar-refractivity contribution in [3.8, 4) is 11.1 Å². The van der Waals surface area contributed by atoms with E-state index in [1.807, 2.05) is 29.6 Å². The molecule has 24 heavy (non-hydrogen) atoms. The van der Waals surface area contributed by atoms with Crippen LogP contribution in [0, 0.1) is 5.82 Å². The SMILES string of the molecule is O=C1C[C@@H](c2cccc(Br)c2)c2scc(-c3cccc(F)c3)c2N1. The van der Waals surface area contributed by atoms with Crippen LogP contribution < -0.4 is 5.32 Å². The highest BCUT2D eigenvalue weighted by Gasteiger charge is 2.30. The van der Waals surface area contributed by atoms with Crippen molar-refractivity contribution in [1.29, 1.82) is 0 Å².